The molecule has 84 valence electrons. The van der Waals surface area contributed by atoms with Gasteiger partial charge in [-0.25, -0.2) is 8.78 Å². The van der Waals surface area contributed by atoms with Gasteiger partial charge in [0, 0.05) is 6.54 Å². The number of halogens is 2. The van der Waals surface area contributed by atoms with E-state index in [0.29, 0.717) is 11.1 Å². The van der Waals surface area contributed by atoms with Crippen molar-refractivity contribution >= 4 is 0 Å². The minimum atomic E-state index is -1.16. The van der Waals surface area contributed by atoms with Crippen molar-refractivity contribution < 1.29 is 13.9 Å². The molecular weight excluding hydrogens is 200 g/mol. The van der Waals surface area contributed by atoms with Crippen molar-refractivity contribution in [2.24, 2.45) is 0 Å². The molecule has 2 nitrogen and oxygen atoms in total. The van der Waals surface area contributed by atoms with Gasteiger partial charge in [0.15, 0.2) is 0 Å². The monoisotopic (exact) mass is 215 g/mol. The van der Waals surface area contributed by atoms with E-state index in [1.807, 2.05) is 0 Å². The lowest BCUT2D eigenvalue weighted by Gasteiger charge is -2.15. The summed E-state index contributed by atoms with van der Waals surface area (Å²) in [5, 5.41) is 12.3. The van der Waals surface area contributed by atoms with Gasteiger partial charge >= 0.3 is 0 Å². The van der Waals surface area contributed by atoms with Crippen LogP contribution in [-0.4, -0.2) is 18.7 Å². The Morgan fingerprint density at radius 1 is 1.27 bits per heavy atom. The average molecular weight is 215 g/mol. The molecule has 0 radical (unpaired) electrons. The lowest BCUT2D eigenvalue weighted by Crippen LogP contribution is -2.19. The molecule has 0 amide bonds. The van der Waals surface area contributed by atoms with Crippen molar-refractivity contribution in [2.45, 2.75) is 20.0 Å². The zero-order valence-electron chi connectivity index (χ0n) is 9.06. The van der Waals surface area contributed by atoms with Gasteiger partial charge in [0.1, 0.15) is 11.6 Å². The van der Waals surface area contributed by atoms with E-state index >= 15 is 0 Å². The lowest BCUT2D eigenvalue weighted by molar-refractivity contribution is 0.167. The van der Waals surface area contributed by atoms with Crippen molar-refractivity contribution in [3.63, 3.8) is 0 Å². The summed E-state index contributed by atoms with van der Waals surface area (Å²) in [6, 6.07) is 1.43. The highest BCUT2D eigenvalue weighted by Gasteiger charge is 2.20. The van der Waals surface area contributed by atoms with E-state index in [4.69, 9.17) is 0 Å². The van der Waals surface area contributed by atoms with E-state index in [1.165, 1.54) is 6.07 Å². The maximum atomic E-state index is 13.6. The third-order valence-electron chi connectivity index (χ3n) is 2.33. The Hall–Kier alpha value is -1.00. The Bertz CT molecular complexity index is 340. The predicted molar refractivity (Wildman–Crippen MR) is 54.7 cm³/mol. The van der Waals surface area contributed by atoms with Crippen molar-refractivity contribution in [3.05, 3.63) is 34.4 Å². The summed E-state index contributed by atoms with van der Waals surface area (Å²) in [7, 11) is 1.61. The molecule has 2 N–H and O–H groups in total. The van der Waals surface area contributed by atoms with Crippen molar-refractivity contribution in [1.29, 1.82) is 0 Å². The van der Waals surface area contributed by atoms with Crippen molar-refractivity contribution in [3.8, 4) is 0 Å². The van der Waals surface area contributed by atoms with Gasteiger partial charge in [-0.3, -0.25) is 0 Å². The average Bonchev–Trinajstić information content (AvgIpc) is 2.16. The molecule has 4 heteroatoms. The minimum Gasteiger partial charge on any atom is -0.387 e. The van der Waals surface area contributed by atoms with Gasteiger partial charge in [0.2, 0.25) is 0 Å². The largest absolute Gasteiger partial charge is 0.387 e. The highest BCUT2D eigenvalue weighted by Crippen LogP contribution is 2.25. The molecule has 1 rings (SSSR count). The molecule has 0 heterocycles. The molecule has 1 aromatic carbocycles. The van der Waals surface area contributed by atoms with E-state index in [1.54, 1.807) is 20.9 Å². The summed E-state index contributed by atoms with van der Waals surface area (Å²) >= 11 is 0. The molecule has 1 atom stereocenters. The summed E-state index contributed by atoms with van der Waals surface area (Å²) in [6.45, 7) is 3.23. The summed E-state index contributed by atoms with van der Waals surface area (Å²) in [6.07, 6.45) is -1.16. The second-order valence-electron chi connectivity index (χ2n) is 3.63. The van der Waals surface area contributed by atoms with Crippen LogP contribution in [0.4, 0.5) is 8.78 Å². The smallest absolute Gasteiger partial charge is 0.134 e. The van der Waals surface area contributed by atoms with Gasteiger partial charge in [-0.15, -0.1) is 0 Å². The predicted octanol–water partition coefficient (Wildman–Crippen LogP) is 1.83. The van der Waals surface area contributed by atoms with Crippen LogP contribution in [0.5, 0.6) is 0 Å². The van der Waals surface area contributed by atoms with Crippen LogP contribution in [-0.2, 0) is 0 Å². The molecular formula is C11H15F2NO. The molecule has 0 bridgehead atoms. The number of likely N-dealkylation sites (N-methyl/N-ethyl adjacent to an activating group) is 1. The normalized spacial score (nSPS) is 12.9. The van der Waals surface area contributed by atoms with Crippen LogP contribution in [0.25, 0.3) is 0 Å². The molecule has 0 saturated heterocycles. The first-order chi connectivity index (χ1) is 6.99. The molecule has 0 spiro atoms. The number of hydrogen-bond acceptors (Lipinski definition) is 2. The number of aliphatic hydroxyl groups is 1. The first-order valence-electron chi connectivity index (χ1n) is 4.76. The number of benzene rings is 1. The van der Waals surface area contributed by atoms with Crippen LogP contribution in [0.3, 0.4) is 0 Å². The zero-order chi connectivity index (χ0) is 11.6. The van der Waals surface area contributed by atoms with E-state index < -0.39 is 17.7 Å². The van der Waals surface area contributed by atoms with Gasteiger partial charge < -0.3 is 10.4 Å². The van der Waals surface area contributed by atoms with E-state index in [2.05, 4.69) is 5.32 Å². The number of hydrogen-bond donors (Lipinski definition) is 2. The summed E-state index contributed by atoms with van der Waals surface area (Å²) in [5.41, 5.74) is 0.444. The fraction of sp³-hybridized carbons (Fsp3) is 0.455. The highest BCUT2D eigenvalue weighted by atomic mass is 19.1. The molecule has 0 aromatic heterocycles. The van der Waals surface area contributed by atoms with Crippen LogP contribution in [0, 0.1) is 25.5 Å². The lowest BCUT2D eigenvalue weighted by atomic mass is 10.0. The summed E-state index contributed by atoms with van der Waals surface area (Å²) in [4.78, 5) is 0. The fourth-order valence-electron chi connectivity index (χ4n) is 1.56. The van der Waals surface area contributed by atoms with Crippen LogP contribution in [0.1, 0.15) is 22.8 Å². The molecule has 0 aliphatic heterocycles. The zero-order valence-corrected chi connectivity index (χ0v) is 9.06. The Morgan fingerprint density at radius 3 is 2.13 bits per heavy atom. The molecule has 1 aromatic rings. The topological polar surface area (TPSA) is 32.3 Å². The quantitative estimate of drug-likeness (QED) is 0.806. The van der Waals surface area contributed by atoms with Gasteiger partial charge in [-0.1, -0.05) is 6.07 Å². The van der Waals surface area contributed by atoms with Crippen molar-refractivity contribution in [1.82, 2.24) is 5.32 Å². The number of aryl methyl sites for hydroxylation is 2. The maximum Gasteiger partial charge on any atom is 0.134 e. The molecule has 15 heavy (non-hydrogen) atoms. The van der Waals surface area contributed by atoms with Gasteiger partial charge in [-0.2, -0.15) is 0 Å². The van der Waals surface area contributed by atoms with Crippen LogP contribution < -0.4 is 5.32 Å². The van der Waals surface area contributed by atoms with Crippen molar-refractivity contribution in [2.75, 3.05) is 13.6 Å². The number of aliphatic hydroxyl groups excluding tert-OH is 1. The molecule has 1 unspecified atom stereocenters. The van der Waals surface area contributed by atoms with Crippen LogP contribution in [0.2, 0.25) is 0 Å². The van der Waals surface area contributed by atoms with E-state index in [9.17, 15) is 13.9 Å². The fourth-order valence-corrected chi connectivity index (χ4v) is 1.56. The summed E-state index contributed by atoms with van der Waals surface area (Å²) < 4.78 is 27.2. The maximum absolute atomic E-state index is 13.6. The Kier molecular flexibility index (Phi) is 3.77. The van der Waals surface area contributed by atoms with Gasteiger partial charge in [0.05, 0.1) is 11.7 Å². The van der Waals surface area contributed by atoms with Gasteiger partial charge in [0.25, 0.3) is 0 Å². The summed E-state index contributed by atoms with van der Waals surface area (Å²) in [5.74, 6) is -1.33. The molecule has 0 aliphatic rings. The third-order valence-corrected chi connectivity index (χ3v) is 2.33. The Labute approximate surface area is 87.9 Å². The third kappa shape index (κ3) is 2.33. The second-order valence-corrected chi connectivity index (χ2v) is 3.63. The Morgan fingerprint density at radius 2 is 1.73 bits per heavy atom. The van der Waals surface area contributed by atoms with E-state index in [-0.39, 0.29) is 12.1 Å². The van der Waals surface area contributed by atoms with Crippen LogP contribution in [0.15, 0.2) is 6.07 Å². The Balaban J connectivity index is 3.26. The minimum absolute atomic E-state index is 0.122. The standard InChI is InChI=1S/C11H15F2NO/c1-6-4-7(2)11(13)9(10(6)12)8(15)5-14-3/h4,8,14-15H,5H2,1-3H3. The number of nitrogens with one attached hydrogen (secondary N) is 1. The molecule has 0 aliphatic carbocycles. The number of rotatable bonds is 3. The molecule has 0 saturated carbocycles. The van der Waals surface area contributed by atoms with E-state index in [0.717, 1.165) is 0 Å². The first-order valence-corrected chi connectivity index (χ1v) is 4.76. The molecule has 0 fully saturated rings. The second kappa shape index (κ2) is 4.68. The van der Waals surface area contributed by atoms with Crippen LogP contribution >= 0.6 is 0 Å². The SMILES string of the molecule is CNCC(O)c1c(F)c(C)cc(C)c1F. The highest BCUT2D eigenvalue weighted by molar-refractivity contribution is 5.34. The van der Waals surface area contributed by atoms with Gasteiger partial charge in [-0.05, 0) is 32.0 Å². The first kappa shape index (κ1) is 12.1.